The molecule has 1 unspecified atom stereocenters. The van der Waals surface area contributed by atoms with Crippen LogP contribution in [0.3, 0.4) is 0 Å². The van der Waals surface area contributed by atoms with Crippen molar-refractivity contribution in [2.45, 2.75) is 52.7 Å². The zero-order chi connectivity index (χ0) is 13.3. The molecule has 1 aliphatic rings. The molecule has 0 radical (unpaired) electrons. The highest BCUT2D eigenvalue weighted by atomic mass is 32.1. The SMILES string of the molecule is Cc1ccc(CN2CC(C)(C)NCC2C(C)C)s1. The van der Waals surface area contributed by atoms with Crippen LogP contribution in [0.25, 0.3) is 0 Å². The monoisotopic (exact) mass is 266 g/mol. The summed E-state index contributed by atoms with van der Waals surface area (Å²) in [5.41, 5.74) is 0.234. The minimum absolute atomic E-state index is 0.234. The van der Waals surface area contributed by atoms with Crippen LogP contribution in [-0.4, -0.2) is 29.6 Å². The van der Waals surface area contributed by atoms with Crippen molar-refractivity contribution in [1.82, 2.24) is 10.2 Å². The smallest absolute Gasteiger partial charge is 0.0332 e. The van der Waals surface area contributed by atoms with Gasteiger partial charge in [-0.3, -0.25) is 4.90 Å². The van der Waals surface area contributed by atoms with Crippen LogP contribution in [0.2, 0.25) is 0 Å². The van der Waals surface area contributed by atoms with Gasteiger partial charge in [-0.25, -0.2) is 0 Å². The zero-order valence-electron chi connectivity index (χ0n) is 12.3. The molecule has 0 spiro atoms. The Balaban J connectivity index is 2.10. The number of thiophene rings is 1. The molecule has 2 rings (SSSR count). The fourth-order valence-corrected chi connectivity index (χ4v) is 3.71. The molecule has 102 valence electrons. The maximum atomic E-state index is 3.67. The highest BCUT2D eigenvalue weighted by Crippen LogP contribution is 2.25. The average molecular weight is 266 g/mol. The highest BCUT2D eigenvalue weighted by Gasteiger charge is 2.33. The molecular formula is C15H26N2S. The van der Waals surface area contributed by atoms with Gasteiger partial charge in [-0.2, -0.15) is 0 Å². The van der Waals surface area contributed by atoms with Crippen LogP contribution in [0.4, 0.5) is 0 Å². The topological polar surface area (TPSA) is 15.3 Å². The molecular weight excluding hydrogens is 240 g/mol. The van der Waals surface area contributed by atoms with Crippen molar-refractivity contribution in [3.63, 3.8) is 0 Å². The summed E-state index contributed by atoms with van der Waals surface area (Å²) in [4.78, 5) is 5.57. The van der Waals surface area contributed by atoms with Crippen LogP contribution >= 0.6 is 11.3 Å². The van der Waals surface area contributed by atoms with E-state index in [9.17, 15) is 0 Å². The second kappa shape index (κ2) is 5.32. The number of hydrogen-bond acceptors (Lipinski definition) is 3. The first-order chi connectivity index (χ1) is 8.37. The van der Waals surface area contributed by atoms with Gasteiger partial charge < -0.3 is 5.32 Å². The van der Waals surface area contributed by atoms with E-state index >= 15 is 0 Å². The lowest BCUT2D eigenvalue weighted by Crippen LogP contribution is -2.62. The molecule has 0 bridgehead atoms. The third-order valence-electron chi connectivity index (χ3n) is 3.78. The lowest BCUT2D eigenvalue weighted by molar-refractivity contribution is 0.0636. The van der Waals surface area contributed by atoms with Crippen LogP contribution in [0.1, 0.15) is 37.4 Å². The Morgan fingerprint density at radius 2 is 2.17 bits per heavy atom. The average Bonchev–Trinajstić information content (AvgIpc) is 2.62. The molecule has 0 aromatic carbocycles. The number of aryl methyl sites for hydroxylation is 1. The summed E-state index contributed by atoms with van der Waals surface area (Å²) in [7, 11) is 0. The molecule has 1 N–H and O–H groups in total. The largest absolute Gasteiger partial charge is 0.309 e. The minimum atomic E-state index is 0.234. The molecule has 0 amide bonds. The normalized spacial score (nSPS) is 24.7. The van der Waals surface area contributed by atoms with Gasteiger partial charge in [-0.05, 0) is 38.8 Å². The molecule has 3 heteroatoms. The molecule has 1 fully saturated rings. The molecule has 0 saturated carbocycles. The third-order valence-corrected chi connectivity index (χ3v) is 4.77. The van der Waals surface area contributed by atoms with E-state index in [0.717, 1.165) is 19.6 Å². The molecule has 1 aromatic rings. The van der Waals surface area contributed by atoms with E-state index in [1.54, 1.807) is 0 Å². The van der Waals surface area contributed by atoms with Gasteiger partial charge in [0.2, 0.25) is 0 Å². The van der Waals surface area contributed by atoms with Gasteiger partial charge in [0.15, 0.2) is 0 Å². The summed E-state index contributed by atoms with van der Waals surface area (Å²) >= 11 is 1.93. The Morgan fingerprint density at radius 1 is 1.44 bits per heavy atom. The second-order valence-electron chi connectivity index (χ2n) is 6.49. The Labute approximate surface area is 115 Å². The van der Waals surface area contributed by atoms with Crippen molar-refractivity contribution in [2.24, 2.45) is 5.92 Å². The Morgan fingerprint density at radius 3 is 2.72 bits per heavy atom. The summed E-state index contributed by atoms with van der Waals surface area (Å²) < 4.78 is 0. The van der Waals surface area contributed by atoms with Crippen molar-refractivity contribution in [2.75, 3.05) is 13.1 Å². The van der Waals surface area contributed by atoms with E-state index in [-0.39, 0.29) is 5.54 Å². The van der Waals surface area contributed by atoms with Gasteiger partial charge in [0, 0.05) is 41.0 Å². The van der Waals surface area contributed by atoms with Gasteiger partial charge in [-0.1, -0.05) is 13.8 Å². The predicted octanol–water partition coefficient (Wildman–Crippen LogP) is 3.26. The molecule has 1 aromatic heterocycles. The van der Waals surface area contributed by atoms with Crippen molar-refractivity contribution >= 4 is 11.3 Å². The fourth-order valence-electron chi connectivity index (χ4n) is 2.79. The van der Waals surface area contributed by atoms with Crippen molar-refractivity contribution in [1.29, 1.82) is 0 Å². The maximum Gasteiger partial charge on any atom is 0.0332 e. The first-order valence-corrected chi connectivity index (χ1v) is 7.73. The quantitative estimate of drug-likeness (QED) is 0.903. The summed E-state index contributed by atoms with van der Waals surface area (Å²) in [6, 6.07) is 5.17. The predicted molar refractivity (Wildman–Crippen MR) is 80.2 cm³/mol. The van der Waals surface area contributed by atoms with Crippen molar-refractivity contribution in [3.8, 4) is 0 Å². The van der Waals surface area contributed by atoms with E-state index < -0.39 is 0 Å². The fraction of sp³-hybridized carbons (Fsp3) is 0.733. The van der Waals surface area contributed by atoms with Crippen LogP contribution in [0.15, 0.2) is 12.1 Å². The van der Waals surface area contributed by atoms with E-state index in [2.05, 4.69) is 57.0 Å². The first kappa shape index (κ1) is 14.0. The molecule has 18 heavy (non-hydrogen) atoms. The molecule has 2 heterocycles. The van der Waals surface area contributed by atoms with Gasteiger partial charge in [0.1, 0.15) is 0 Å². The molecule has 1 atom stereocenters. The molecule has 1 aliphatic heterocycles. The summed E-state index contributed by atoms with van der Waals surface area (Å²) in [5, 5.41) is 3.67. The Bertz CT molecular complexity index is 395. The zero-order valence-corrected chi connectivity index (χ0v) is 13.1. The number of rotatable bonds is 3. The number of nitrogens with one attached hydrogen (secondary N) is 1. The summed E-state index contributed by atoms with van der Waals surface area (Å²) in [5.74, 6) is 0.703. The number of piperazine rings is 1. The van der Waals surface area contributed by atoms with Gasteiger partial charge in [0.05, 0.1) is 0 Å². The van der Waals surface area contributed by atoms with E-state index in [0.29, 0.717) is 12.0 Å². The van der Waals surface area contributed by atoms with E-state index in [1.165, 1.54) is 9.75 Å². The standard InChI is InChI=1S/C15H26N2S/c1-11(2)14-8-16-15(4,5)10-17(14)9-13-7-6-12(3)18-13/h6-7,11,14,16H,8-10H2,1-5H3. The van der Waals surface area contributed by atoms with Crippen LogP contribution in [0, 0.1) is 12.8 Å². The van der Waals surface area contributed by atoms with E-state index in [4.69, 9.17) is 0 Å². The van der Waals surface area contributed by atoms with Crippen LogP contribution < -0.4 is 5.32 Å². The Hall–Kier alpha value is -0.380. The second-order valence-corrected chi connectivity index (χ2v) is 7.87. The van der Waals surface area contributed by atoms with Gasteiger partial charge in [-0.15, -0.1) is 11.3 Å². The highest BCUT2D eigenvalue weighted by molar-refractivity contribution is 7.11. The van der Waals surface area contributed by atoms with Crippen molar-refractivity contribution in [3.05, 3.63) is 21.9 Å². The minimum Gasteiger partial charge on any atom is -0.309 e. The lowest BCUT2D eigenvalue weighted by atomic mass is 9.93. The van der Waals surface area contributed by atoms with Gasteiger partial charge in [0.25, 0.3) is 0 Å². The third kappa shape index (κ3) is 3.34. The van der Waals surface area contributed by atoms with Crippen LogP contribution in [0.5, 0.6) is 0 Å². The number of nitrogens with zero attached hydrogens (tertiary/aromatic N) is 1. The van der Waals surface area contributed by atoms with E-state index in [1.807, 2.05) is 11.3 Å². The first-order valence-electron chi connectivity index (χ1n) is 6.92. The molecule has 1 saturated heterocycles. The van der Waals surface area contributed by atoms with Crippen LogP contribution in [-0.2, 0) is 6.54 Å². The molecule has 2 nitrogen and oxygen atoms in total. The van der Waals surface area contributed by atoms with Crippen molar-refractivity contribution < 1.29 is 0 Å². The van der Waals surface area contributed by atoms with Gasteiger partial charge >= 0.3 is 0 Å². The number of hydrogen-bond donors (Lipinski definition) is 1. The Kier molecular flexibility index (Phi) is 4.15. The summed E-state index contributed by atoms with van der Waals surface area (Å²) in [6.07, 6.45) is 0. The summed E-state index contributed by atoms with van der Waals surface area (Å²) in [6.45, 7) is 14.8. The maximum absolute atomic E-state index is 3.67. The molecule has 0 aliphatic carbocycles. The lowest BCUT2D eigenvalue weighted by Gasteiger charge is -2.46.